The maximum absolute atomic E-state index is 5.65. The predicted molar refractivity (Wildman–Crippen MR) is 126 cm³/mol. The Morgan fingerprint density at radius 2 is 1.34 bits per heavy atom. The number of methoxy groups -OCH3 is 5. The standard InChI is InChI=1S/C26H33NO5/c1-28-22-10-9-17(12-23(22)29-2)20-15-19-8-6-7-11-27(19)16-21(20)18-13-24(30-3)26(32-5)25(14-18)31-4/h9-10,12-14,19H,6-8,11,15-16H2,1-5H3. The second kappa shape index (κ2) is 9.74. The third-order valence-corrected chi connectivity index (χ3v) is 6.66. The highest BCUT2D eigenvalue weighted by Gasteiger charge is 2.32. The summed E-state index contributed by atoms with van der Waals surface area (Å²) < 4.78 is 27.9. The van der Waals surface area contributed by atoms with Crippen LogP contribution in [0.1, 0.15) is 36.8 Å². The number of hydrogen-bond acceptors (Lipinski definition) is 6. The highest BCUT2D eigenvalue weighted by molar-refractivity contribution is 5.94. The Kier molecular flexibility index (Phi) is 6.80. The molecule has 0 bridgehead atoms. The number of rotatable bonds is 7. The van der Waals surface area contributed by atoms with E-state index in [9.17, 15) is 0 Å². The fraction of sp³-hybridized carbons (Fsp3) is 0.462. The fourth-order valence-corrected chi connectivity index (χ4v) is 4.99. The minimum absolute atomic E-state index is 0.567. The molecule has 0 saturated carbocycles. The fourth-order valence-electron chi connectivity index (χ4n) is 4.99. The molecule has 0 aliphatic carbocycles. The van der Waals surface area contributed by atoms with Crippen molar-refractivity contribution in [2.24, 2.45) is 0 Å². The first-order chi connectivity index (χ1) is 15.6. The molecule has 32 heavy (non-hydrogen) atoms. The summed E-state index contributed by atoms with van der Waals surface area (Å²) in [6.07, 6.45) is 4.78. The van der Waals surface area contributed by atoms with Crippen molar-refractivity contribution >= 4 is 11.1 Å². The molecule has 4 rings (SSSR count). The minimum atomic E-state index is 0.567. The molecule has 172 valence electrons. The molecule has 0 aromatic heterocycles. The molecule has 2 aliphatic rings. The smallest absolute Gasteiger partial charge is 0.203 e. The molecule has 1 fully saturated rings. The molecular weight excluding hydrogens is 406 g/mol. The zero-order valence-electron chi connectivity index (χ0n) is 19.7. The van der Waals surface area contributed by atoms with Crippen molar-refractivity contribution in [1.82, 2.24) is 4.90 Å². The average Bonchev–Trinajstić information content (AvgIpc) is 2.86. The van der Waals surface area contributed by atoms with Crippen LogP contribution in [-0.2, 0) is 0 Å². The zero-order valence-corrected chi connectivity index (χ0v) is 19.7. The third kappa shape index (κ3) is 4.11. The van der Waals surface area contributed by atoms with Crippen molar-refractivity contribution in [3.8, 4) is 28.7 Å². The topological polar surface area (TPSA) is 49.4 Å². The van der Waals surface area contributed by atoms with Crippen molar-refractivity contribution in [2.45, 2.75) is 31.7 Å². The van der Waals surface area contributed by atoms with Gasteiger partial charge in [0.25, 0.3) is 0 Å². The molecule has 2 aliphatic heterocycles. The summed E-state index contributed by atoms with van der Waals surface area (Å²) in [6, 6.07) is 10.9. The van der Waals surface area contributed by atoms with Crippen molar-refractivity contribution < 1.29 is 23.7 Å². The highest BCUT2D eigenvalue weighted by atomic mass is 16.5. The minimum Gasteiger partial charge on any atom is -0.493 e. The van der Waals surface area contributed by atoms with E-state index in [0.717, 1.165) is 42.1 Å². The molecule has 0 amide bonds. The van der Waals surface area contributed by atoms with Crippen LogP contribution in [0.25, 0.3) is 11.1 Å². The van der Waals surface area contributed by atoms with Gasteiger partial charge in [0, 0.05) is 12.6 Å². The molecule has 6 heteroatoms. The molecule has 2 aromatic rings. The number of ether oxygens (including phenoxy) is 5. The molecule has 0 spiro atoms. The van der Waals surface area contributed by atoms with Crippen molar-refractivity contribution in [2.75, 3.05) is 48.6 Å². The van der Waals surface area contributed by atoms with Crippen LogP contribution in [0.2, 0.25) is 0 Å². The molecule has 0 N–H and O–H groups in total. The first-order valence-corrected chi connectivity index (χ1v) is 11.1. The van der Waals surface area contributed by atoms with Gasteiger partial charge < -0.3 is 23.7 Å². The Labute approximate surface area is 190 Å². The Morgan fingerprint density at radius 3 is 1.97 bits per heavy atom. The zero-order chi connectivity index (χ0) is 22.7. The quantitative estimate of drug-likeness (QED) is 0.612. The van der Waals surface area contributed by atoms with Crippen molar-refractivity contribution in [1.29, 1.82) is 0 Å². The molecule has 2 aromatic carbocycles. The van der Waals surface area contributed by atoms with Gasteiger partial charge in [-0.3, -0.25) is 4.90 Å². The third-order valence-electron chi connectivity index (χ3n) is 6.66. The number of benzene rings is 2. The van der Waals surface area contributed by atoms with E-state index >= 15 is 0 Å². The van der Waals surface area contributed by atoms with Gasteiger partial charge in [-0.15, -0.1) is 0 Å². The van der Waals surface area contributed by atoms with E-state index in [0.29, 0.717) is 23.3 Å². The lowest BCUT2D eigenvalue weighted by Crippen LogP contribution is -2.43. The van der Waals surface area contributed by atoms with Gasteiger partial charge >= 0.3 is 0 Å². The second-order valence-electron chi connectivity index (χ2n) is 8.27. The normalized spacial score (nSPS) is 18.7. The highest BCUT2D eigenvalue weighted by Crippen LogP contribution is 2.45. The summed E-state index contributed by atoms with van der Waals surface area (Å²) in [5.41, 5.74) is 4.88. The number of hydrogen-bond donors (Lipinski definition) is 0. The molecule has 1 unspecified atom stereocenters. The van der Waals surface area contributed by atoms with E-state index in [-0.39, 0.29) is 0 Å². The summed E-state index contributed by atoms with van der Waals surface area (Å²) in [6.45, 7) is 2.03. The van der Waals surface area contributed by atoms with E-state index in [1.165, 1.54) is 30.4 Å². The van der Waals surface area contributed by atoms with Crippen LogP contribution in [0.4, 0.5) is 0 Å². The van der Waals surface area contributed by atoms with E-state index in [4.69, 9.17) is 23.7 Å². The van der Waals surface area contributed by atoms with Crippen molar-refractivity contribution in [3.63, 3.8) is 0 Å². The van der Waals surface area contributed by atoms with E-state index < -0.39 is 0 Å². The van der Waals surface area contributed by atoms with E-state index in [1.807, 2.05) is 6.07 Å². The van der Waals surface area contributed by atoms with Crippen LogP contribution in [0.3, 0.4) is 0 Å². The lowest BCUT2D eigenvalue weighted by molar-refractivity contribution is 0.165. The molecule has 1 saturated heterocycles. The predicted octanol–water partition coefficient (Wildman–Crippen LogP) is 4.90. The second-order valence-corrected chi connectivity index (χ2v) is 8.27. The van der Waals surface area contributed by atoms with Crippen LogP contribution in [0, 0.1) is 0 Å². The number of piperidine rings is 1. The molecule has 1 atom stereocenters. The molecular formula is C26H33NO5. The molecule has 6 nitrogen and oxygen atoms in total. The maximum atomic E-state index is 5.65. The van der Waals surface area contributed by atoms with Crippen LogP contribution in [0.15, 0.2) is 30.3 Å². The first kappa shape index (κ1) is 22.3. The van der Waals surface area contributed by atoms with Crippen LogP contribution < -0.4 is 23.7 Å². The number of fused-ring (bicyclic) bond motifs is 1. The van der Waals surface area contributed by atoms with Gasteiger partial charge in [-0.1, -0.05) is 12.5 Å². The maximum Gasteiger partial charge on any atom is 0.203 e. The summed E-state index contributed by atoms with van der Waals surface area (Å²) in [5.74, 6) is 3.43. The number of nitrogens with zero attached hydrogens (tertiary/aromatic N) is 1. The average molecular weight is 440 g/mol. The van der Waals surface area contributed by atoms with Crippen LogP contribution >= 0.6 is 0 Å². The van der Waals surface area contributed by atoms with Gasteiger partial charge in [0.2, 0.25) is 5.75 Å². The monoisotopic (exact) mass is 439 g/mol. The lowest BCUT2D eigenvalue weighted by atomic mass is 9.82. The molecule has 0 radical (unpaired) electrons. The Balaban J connectivity index is 1.89. The Bertz CT molecular complexity index is 975. The summed E-state index contributed by atoms with van der Waals surface area (Å²) in [5, 5.41) is 0. The van der Waals surface area contributed by atoms with Gasteiger partial charge in [0.1, 0.15) is 0 Å². The van der Waals surface area contributed by atoms with Gasteiger partial charge in [-0.2, -0.15) is 0 Å². The van der Waals surface area contributed by atoms with Crippen LogP contribution in [-0.4, -0.2) is 59.6 Å². The van der Waals surface area contributed by atoms with Gasteiger partial charge in [0.05, 0.1) is 35.5 Å². The summed E-state index contributed by atoms with van der Waals surface area (Å²) in [7, 11) is 8.30. The lowest BCUT2D eigenvalue weighted by Gasteiger charge is -2.41. The summed E-state index contributed by atoms with van der Waals surface area (Å²) in [4.78, 5) is 2.62. The van der Waals surface area contributed by atoms with Gasteiger partial charge in [-0.25, -0.2) is 0 Å². The Morgan fingerprint density at radius 1 is 0.688 bits per heavy atom. The Hall–Kier alpha value is -2.86. The van der Waals surface area contributed by atoms with Crippen LogP contribution in [0.5, 0.6) is 28.7 Å². The SMILES string of the molecule is COc1ccc(C2=C(c3cc(OC)c(OC)c(OC)c3)CN3CCCCC3C2)cc1OC. The van der Waals surface area contributed by atoms with E-state index in [2.05, 4.69) is 29.2 Å². The largest absolute Gasteiger partial charge is 0.493 e. The van der Waals surface area contributed by atoms with Crippen molar-refractivity contribution in [3.05, 3.63) is 41.5 Å². The first-order valence-electron chi connectivity index (χ1n) is 11.1. The van der Waals surface area contributed by atoms with E-state index in [1.54, 1.807) is 35.5 Å². The van der Waals surface area contributed by atoms with Gasteiger partial charge in [-0.05, 0) is 72.3 Å². The molecule has 2 heterocycles. The summed E-state index contributed by atoms with van der Waals surface area (Å²) >= 11 is 0. The van der Waals surface area contributed by atoms with Gasteiger partial charge in [0.15, 0.2) is 23.0 Å².